The number of ether oxygens (including phenoxy) is 3. The van der Waals surface area contributed by atoms with Crippen LogP contribution in [0.1, 0.15) is 98.1 Å². The van der Waals surface area contributed by atoms with Gasteiger partial charge in [-0.1, -0.05) is 34.1 Å². The highest BCUT2D eigenvalue weighted by atomic mass is 32.2. The predicted octanol–water partition coefficient (Wildman–Crippen LogP) is 5.55. The minimum atomic E-state index is -4.36. The third-order valence-electron chi connectivity index (χ3n) is 12.8. The number of fused-ring (bicyclic) bond motifs is 5. The average molecular weight is 905 g/mol. The van der Waals surface area contributed by atoms with E-state index in [1.165, 1.54) is 13.0 Å². The van der Waals surface area contributed by atoms with Crippen molar-refractivity contribution in [3.63, 3.8) is 0 Å². The molecule has 1 aromatic heterocycles. The SMILES string of the molecule is CCC1C2CN(C(=O)C(C(C)(C)C)NC(=O)OC3CC3CCCCC(F)(F)c3nc4ccc(OC(F)F)cc4nc3O2)C1C(=O)NC1(C(=O)NS(=O)(=O)C2(C)CC2)CC1C(F)F. The average Bonchev–Trinajstić information content (AvgIpc) is 4.12. The molecule has 342 valence electrons. The first kappa shape index (κ1) is 45.4. The largest absolute Gasteiger partial charge is 0.471 e. The summed E-state index contributed by atoms with van der Waals surface area (Å²) < 4.78 is 131. The molecule has 3 heterocycles. The number of rotatable bonds is 9. The minimum absolute atomic E-state index is 0.00978. The summed E-state index contributed by atoms with van der Waals surface area (Å²) in [4.78, 5) is 65.9. The zero-order valence-corrected chi connectivity index (χ0v) is 35.5. The van der Waals surface area contributed by atoms with E-state index >= 15 is 8.78 Å². The number of hydrogen-bond donors (Lipinski definition) is 3. The van der Waals surface area contributed by atoms with Crippen molar-refractivity contribution in [2.24, 2.45) is 23.2 Å². The summed E-state index contributed by atoms with van der Waals surface area (Å²) in [6.07, 6.45) is -5.74. The lowest BCUT2D eigenvalue weighted by molar-refractivity contribution is -0.144. The molecule has 8 unspecified atom stereocenters. The van der Waals surface area contributed by atoms with E-state index in [1.54, 1.807) is 27.7 Å². The van der Waals surface area contributed by atoms with Gasteiger partial charge in [0.15, 0.2) is 5.69 Å². The summed E-state index contributed by atoms with van der Waals surface area (Å²) in [6, 6.07) is 0.252. The van der Waals surface area contributed by atoms with Crippen molar-refractivity contribution < 1.29 is 68.1 Å². The van der Waals surface area contributed by atoms with E-state index in [2.05, 4.69) is 25.3 Å². The zero-order chi connectivity index (χ0) is 45.3. The predicted molar refractivity (Wildman–Crippen MR) is 207 cm³/mol. The molecule has 7 rings (SSSR count). The topological polar surface area (TPSA) is 195 Å². The standard InChI is InChI=1S/C40H50F6N6O9S/c1-6-21-26-18-52(27(21)31(53)50-39(17-22(39)30(41)42)34(55)51-62(57,58)38(5)13-14-38)33(54)29(37(2,3)4)49-36(56)61-25-15-19(25)9-7-8-12-40(45,46)28-32(60-26)48-24-16-20(59-35(43)44)10-11-23(24)47-28/h10-11,16,19,21-22,25-27,29-30,35H,6-9,12-15,17-18H2,1-5H3,(H,49,56)(H,50,53)(H,51,55). The lowest BCUT2D eigenvalue weighted by Crippen LogP contribution is -2.61. The molecule has 5 aliphatic rings. The van der Waals surface area contributed by atoms with Crippen molar-refractivity contribution in [1.82, 2.24) is 30.2 Å². The quantitative estimate of drug-likeness (QED) is 0.267. The van der Waals surface area contributed by atoms with Gasteiger partial charge in [-0.15, -0.1) is 0 Å². The lowest BCUT2D eigenvalue weighted by Gasteiger charge is -2.36. The van der Waals surface area contributed by atoms with Crippen LogP contribution in [0, 0.1) is 23.2 Å². The van der Waals surface area contributed by atoms with E-state index < -0.39 is 136 Å². The molecule has 4 fully saturated rings. The maximum Gasteiger partial charge on any atom is 0.408 e. The number of carbonyl (C=O) groups is 4. The first-order valence-electron chi connectivity index (χ1n) is 20.7. The first-order chi connectivity index (χ1) is 28.9. The molecule has 0 radical (unpaired) electrons. The van der Waals surface area contributed by atoms with Crippen LogP contribution in [0.25, 0.3) is 11.0 Å². The number of sulfonamides is 1. The van der Waals surface area contributed by atoms with Crippen LogP contribution < -0.4 is 24.8 Å². The highest BCUT2D eigenvalue weighted by molar-refractivity contribution is 7.91. The van der Waals surface area contributed by atoms with Crippen LogP contribution in [0.15, 0.2) is 18.2 Å². The molecule has 0 spiro atoms. The first-order valence-corrected chi connectivity index (χ1v) is 22.1. The molecule has 2 aromatic rings. The van der Waals surface area contributed by atoms with Gasteiger partial charge in [0.05, 0.1) is 28.2 Å². The lowest BCUT2D eigenvalue weighted by atomic mass is 9.85. The van der Waals surface area contributed by atoms with Crippen molar-refractivity contribution in [3.8, 4) is 11.6 Å². The molecular weight excluding hydrogens is 855 g/mol. The summed E-state index contributed by atoms with van der Waals surface area (Å²) >= 11 is 0. The van der Waals surface area contributed by atoms with Gasteiger partial charge in [-0.25, -0.2) is 32.0 Å². The number of benzene rings is 1. The van der Waals surface area contributed by atoms with Gasteiger partial charge in [-0.05, 0) is 75.3 Å². The van der Waals surface area contributed by atoms with Gasteiger partial charge in [0, 0.05) is 18.4 Å². The molecule has 2 aliphatic heterocycles. The fourth-order valence-corrected chi connectivity index (χ4v) is 9.79. The molecule has 22 heteroatoms. The van der Waals surface area contributed by atoms with Gasteiger partial charge >= 0.3 is 12.7 Å². The summed E-state index contributed by atoms with van der Waals surface area (Å²) in [5.74, 6) is -11.3. The normalized spacial score (nSPS) is 30.8. The molecule has 2 bridgehead atoms. The van der Waals surface area contributed by atoms with E-state index in [9.17, 15) is 45.2 Å². The third kappa shape index (κ3) is 8.93. The van der Waals surface area contributed by atoms with E-state index in [-0.39, 0.29) is 48.4 Å². The van der Waals surface area contributed by atoms with Crippen LogP contribution in [0.2, 0.25) is 0 Å². The van der Waals surface area contributed by atoms with Crippen molar-refractivity contribution in [3.05, 3.63) is 23.9 Å². The molecule has 3 saturated carbocycles. The number of hydrogen-bond acceptors (Lipinski definition) is 11. The van der Waals surface area contributed by atoms with E-state index in [1.807, 2.05) is 4.72 Å². The highest BCUT2D eigenvalue weighted by Gasteiger charge is 2.68. The van der Waals surface area contributed by atoms with Gasteiger partial charge in [0.1, 0.15) is 35.6 Å². The van der Waals surface area contributed by atoms with Crippen LogP contribution in [-0.4, -0.2) is 101 Å². The number of nitrogens with zero attached hydrogens (tertiary/aromatic N) is 3. The summed E-state index contributed by atoms with van der Waals surface area (Å²) in [7, 11) is -4.36. The number of alkyl carbamates (subject to hydrolysis) is 1. The Morgan fingerprint density at radius 1 is 1.03 bits per heavy atom. The highest BCUT2D eigenvalue weighted by Crippen LogP contribution is 2.50. The van der Waals surface area contributed by atoms with Crippen LogP contribution in [0.3, 0.4) is 0 Å². The fraction of sp³-hybridized carbons (Fsp3) is 0.700. The van der Waals surface area contributed by atoms with E-state index in [0.717, 1.165) is 17.0 Å². The van der Waals surface area contributed by atoms with Gasteiger partial charge in [-0.3, -0.25) is 19.1 Å². The van der Waals surface area contributed by atoms with Gasteiger partial charge < -0.3 is 29.7 Å². The van der Waals surface area contributed by atoms with Gasteiger partial charge in [-0.2, -0.15) is 17.6 Å². The second-order valence-corrected chi connectivity index (χ2v) is 20.6. The number of halogens is 6. The van der Waals surface area contributed by atoms with Crippen molar-refractivity contribution in [1.29, 1.82) is 0 Å². The fourth-order valence-electron chi connectivity index (χ4n) is 8.48. The second-order valence-electron chi connectivity index (χ2n) is 18.4. The molecule has 8 atom stereocenters. The van der Waals surface area contributed by atoms with E-state index in [0.29, 0.717) is 19.3 Å². The summed E-state index contributed by atoms with van der Waals surface area (Å²) in [5, 5.41) is 4.96. The molecule has 1 aromatic carbocycles. The van der Waals surface area contributed by atoms with Crippen molar-refractivity contribution in [2.45, 2.75) is 146 Å². The Balaban J connectivity index is 1.30. The number of carbonyl (C=O) groups excluding carboxylic acids is 4. The molecular formula is C40H50F6N6O9S. The Morgan fingerprint density at radius 3 is 2.35 bits per heavy atom. The van der Waals surface area contributed by atoms with Gasteiger partial charge in [0.25, 0.3) is 11.8 Å². The minimum Gasteiger partial charge on any atom is -0.471 e. The van der Waals surface area contributed by atoms with Crippen molar-refractivity contribution >= 4 is 44.9 Å². The van der Waals surface area contributed by atoms with Crippen LogP contribution in [0.5, 0.6) is 11.6 Å². The molecule has 62 heavy (non-hydrogen) atoms. The van der Waals surface area contributed by atoms with Crippen LogP contribution in [0.4, 0.5) is 31.1 Å². The Morgan fingerprint density at radius 2 is 1.74 bits per heavy atom. The van der Waals surface area contributed by atoms with Crippen molar-refractivity contribution in [2.75, 3.05) is 6.54 Å². The smallest absolute Gasteiger partial charge is 0.408 e. The number of aromatic nitrogens is 2. The summed E-state index contributed by atoms with van der Waals surface area (Å²) in [6.45, 7) is 4.07. The Kier molecular flexibility index (Phi) is 11.8. The summed E-state index contributed by atoms with van der Waals surface area (Å²) in [5.41, 5.74) is -4.65. The van der Waals surface area contributed by atoms with E-state index in [4.69, 9.17) is 9.47 Å². The maximum absolute atomic E-state index is 16.3. The Labute approximate surface area is 353 Å². The number of amides is 4. The molecule has 1 saturated heterocycles. The zero-order valence-electron chi connectivity index (χ0n) is 34.7. The molecule has 3 aliphatic carbocycles. The monoisotopic (exact) mass is 904 g/mol. The Bertz CT molecular complexity index is 2230. The molecule has 4 amide bonds. The maximum atomic E-state index is 16.3. The van der Waals surface area contributed by atoms with Gasteiger partial charge in [0.2, 0.25) is 34.1 Å². The Hall–Kier alpha value is -4.63. The molecule has 3 N–H and O–H groups in total. The van der Waals surface area contributed by atoms with Crippen LogP contribution in [-0.2, 0) is 35.1 Å². The van der Waals surface area contributed by atoms with Crippen LogP contribution >= 0.6 is 0 Å². The second kappa shape index (κ2) is 16.2. The number of nitrogens with one attached hydrogen (secondary N) is 3. The third-order valence-corrected chi connectivity index (χ3v) is 14.9. The number of alkyl halides is 6. The molecule has 15 nitrogen and oxygen atoms in total.